The third-order valence-electron chi connectivity index (χ3n) is 7.13. The normalized spacial score (nSPS) is 11.5. The lowest BCUT2D eigenvalue weighted by Crippen LogP contribution is -2.50. The molecule has 0 radical (unpaired) electrons. The summed E-state index contributed by atoms with van der Waals surface area (Å²) >= 11 is 0. The maximum atomic E-state index is 6.27. The molecule has 0 heterocycles. The van der Waals surface area contributed by atoms with Crippen molar-refractivity contribution < 1.29 is 17.7 Å². The topological polar surface area (TPSA) is 36.9 Å². The largest absolute Gasteiger partial charge is 0.403 e. The summed E-state index contributed by atoms with van der Waals surface area (Å²) < 4.78 is 24.1. The molecule has 0 aromatic heterocycles. The van der Waals surface area contributed by atoms with Crippen molar-refractivity contribution in [3.63, 3.8) is 0 Å². The summed E-state index contributed by atoms with van der Waals surface area (Å²) in [7, 11) is -9.20. The molecule has 0 atom stereocenters. The second kappa shape index (κ2) is 19.7. The highest BCUT2D eigenvalue weighted by Crippen LogP contribution is 2.13. The summed E-state index contributed by atoms with van der Waals surface area (Å²) in [4.78, 5) is 0. The van der Waals surface area contributed by atoms with E-state index in [1.807, 2.05) is 59.2 Å². The fraction of sp³-hybridized carbons (Fsp3) is 0.111. The molecule has 0 spiro atoms. The van der Waals surface area contributed by atoms with Crippen LogP contribution in [0.2, 0.25) is 0 Å². The average molecular weight is 657 g/mol. The van der Waals surface area contributed by atoms with Crippen LogP contribution in [0.15, 0.2) is 183 Å². The predicted molar refractivity (Wildman–Crippen MR) is 201 cm³/mol. The van der Waals surface area contributed by atoms with E-state index in [0.29, 0.717) is 26.4 Å². The van der Waals surface area contributed by atoms with Crippen molar-refractivity contribution >= 4 is 43.6 Å². The fourth-order valence-electron chi connectivity index (χ4n) is 4.15. The molecule has 232 valence electrons. The number of benzene rings is 2. The lowest BCUT2D eigenvalue weighted by molar-refractivity contribution is 0.217. The van der Waals surface area contributed by atoms with Crippen LogP contribution >= 0.6 is 0 Å². The van der Waals surface area contributed by atoms with E-state index in [2.05, 4.69) is 90.1 Å². The van der Waals surface area contributed by atoms with Crippen LogP contribution in [0.4, 0.5) is 0 Å². The first-order chi connectivity index (χ1) is 21.2. The fourth-order valence-corrected chi connectivity index (χ4v) is 11.1. The lowest BCUT2D eigenvalue weighted by atomic mass is 10.4. The van der Waals surface area contributed by atoms with Gasteiger partial charge in [-0.05, 0) is 10.4 Å². The van der Waals surface area contributed by atoms with Crippen molar-refractivity contribution in [1.29, 1.82) is 0 Å². The van der Waals surface area contributed by atoms with Crippen LogP contribution in [0.25, 0.3) is 0 Å². The Morgan fingerprint density at radius 2 is 0.614 bits per heavy atom. The van der Waals surface area contributed by atoms with E-state index in [4.69, 9.17) is 17.7 Å². The van der Waals surface area contributed by atoms with Gasteiger partial charge in [-0.2, -0.15) is 0 Å². The smallest absolute Gasteiger partial charge is 0.272 e. The van der Waals surface area contributed by atoms with Crippen molar-refractivity contribution in [3.8, 4) is 0 Å². The molecule has 2 aromatic rings. The first-order valence-electron chi connectivity index (χ1n) is 14.3. The summed E-state index contributed by atoms with van der Waals surface area (Å²) in [6.07, 6.45) is 0. The van der Waals surface area contributed by atoms with Gasteiger partial charge in [0.1, 0.15) is 0 Å². The van der Waals surface area contributed by atoms with Crippen LogP contribution < -0.4 is 10.4 Å². The molecule has 0 saturated carbocycles. The molecule has 0 aliphatic carbocycles. The van der Waals surface area contributed by atoms with Crippen molar-refractivity contribution in [2.45, 2.75) is 0 Å². The van der Waals surface area contributed by atoms with Crippen molar-refractivity contribution in [2.75, 3.05) is 26.4 Å². The number of hydrogen-bond acceptors (Lipinski definition) is 4. The minimum absolute atomic E-state index is 0.459. The zero-order chi connectivity index (χ0) is 33.0. The lowest BCUT2D eigenvalue weighted by Gasteiger charge is -2.28. The molecule has 0 amide bonds. The van der Waals surface area contributed by atoms with Gasteiger partial charge in [-0.1, -0.05) is 118 Å². The van der Waals surface area contributed by atoms with E-state index in [9.17, 15) is 0 Å². The number of hydrogen-bond donors (Lipinski definition) is 0. The molecular formula is C36H48O4Si4. The molecule has 8 heteroatoms. The van der Waals surface area contributed by atoms with Gasteiger partial charge in [-0.15, -0.1) is 65.8 Å². The van der Waals surface area contributed by atoms with E-state index in [1.165, 1.54) is 0 Å². The van der Waals surface area contributed by atoms with E-state index in [0.717, 1.165) is 10.4 Å². The molecule has 0 bridgehead atoms. The van der Waals surface area contributed by atoms with E-state index < -0.39 is 33.3 Å². The molecular weight excluding hydrogens is 609 g/mol. The second-order valence-electron chi connectivity index (χ2n) is 9.46. The standard InChI is InChI=1S/C22H26O2Si2.C14H22O2Si2/c1-5-25(6-2,21-15-11-9-12-16-21)23-19-20-24-26(7-3,8-4)22-17-13-10-14-18-22;1-7-17(8-2,9-3)15-13-14-16-18(10-4,11-5)12-6/h5-18H,1-4,19-20H2;7-12H,1-6,13-14H2. The highest BCUT2D eigenvalue weighted by Gasteiger charge is 2.33. The Morgan fingerprint density at radius 3 is 0.841 bits per heavy atom. The SMILES string of the molecule is C=C[Si](C=C)(C=C)OCCO[Si](C=C)(C=C)C=C.C=C[Si](C=C)(OCCO[Si](C=C)(C=C)c1ccccc1)c1ccccc1. The maximum Gasteiger partial charge on any atom is 0.272 e. The molecule has 0 aliphatic heterocycles. The van der Waals surface area contributed by atoms with Crippen molar-refractivity contribution in [3.05, 3.63) is 183 Å². The molecule has 0 saturated heterocycles. The van der Waals surface area contributed by atoms with Crippen LogP contribution in [0, 0.1) is 0 Å². The zero-order valence-corrected chi connectivity index (χ0v) is 30.1. The Balaban J connectivity index is 0.000000474. The van der Waals surface area contributed by atoms with Gasteiger partial charge in [-0.3, -0.25) is 0 Å². The average Bonchev–Trinajstić information content (AvgIpc) is 3.10. The molecule has 0 N–H and O–H groups in total. The van der Waals surface area contributed by atoms with Gasteiger partial charge in [0.25, 0.3) is 33.3 Å². The summed E-state index contributed by atoms with van der Waals surface area (Å²) in [5.41, 5.74) is 18.3. The zero-order valence-electron chi connectivity index (χ0n) is 26.1. The van der Waals surface area contributed by atoms with Crippen LogP contribution in [0.3, 0.4) is 0 Å². The molecule has 2 rings (SSSR count). The second-order valence-corrected chi connectivity index (χ2v) is 22.4. The van der Waals surface area contributed by atoms with Crippen LogP contribution in [0.1, 0.15) is 0 Å². The van der Waals surface area contributed by atoms with Crippen LogP contribution in [-0.2, 0) is 17.7 Å². The van der Waals surface area contributed by atoms with Gasteiger partial charge in [0.2, 0.25) is 0 Å². The van der Waals surface area contributed by atoms with Gasteiger partial charge < -0.3 is 17.7 Å². The van der Waals surface area contributed by atoms with Crippen molar-refractivity contribution in [2.24, 2.45) is 0 Å². The van der Waals surface area contributed by atoms with E-state index in [1.54, 1.807) is 34.2 Å². The summed E-state index contributed by atoms with van der Waals surface area (Å²) in [5.74, 6) is 0. The minimum atomic E-state index is -2.40. The first-order valence-corrected chi connectivity index (χ1v) is 22.7. The van der Waals surface area contributed by atoms with Crippen LogP contribution in [-0.4, -0.2) is 59.7 Å². The summed E-state index contributed by atoms with van der Waals surface area (Å²) in [5, 5.41) is 2.26. The molecule has 0 unspecified atom stereocenters. The highest BCUT2D eigenvalue weighted by molar-refractivity contribution is 6.95. The molecule has 2 aromatic carbocycles. The minimum Gasteiger partial charge on any atom is -0.403 e. The Labute approximate surface area is 270 Å². The molecule has 0 fully saturated rings. The van der Waals surface area contributed by atoms with Crippen LogP contribution in [0.5, 0.6) is 0 Å². The summed E-state index contributed by atoms with van der Waals surface area (Å²) in [6, 6.07) is 20.3. The Kier molecular flexibility index (Phi) is 17.3. The predicted octanol–water partition coefficient (Wildman–Crippen LogP) is 6.89. The van der Waals surface area contributed by atoms with Gasteiger partial charge in [0.05, 0.1) is 26.4 Å². The Morgan fingerprint density at radius 1 is 0.364 bits per heavy atom. The first kappa shape index (κ1) is 38.6. The maximum absolute atomic E-state index is 6.27. The van der Waals surface area contributed by atoms with Gasteiger partial charge >= 0.3 is 0 Å². The molecule has 0 aliphatic rings. The van der Waals surface area contributed by atoms with Crippen molar-refractivity contribution in [1.82, 2.24) is 0 Å². The van der Waals surface area contributed by atoms with E-state index in [-0.39, 0.29) is 0 Å². The molecule has 44 heavy (non-hydrogen) atoms. The van der Waals surface area contributed by atoms with Gasteiger partial charge in [0.15, 0.2) is 0 Å². The Hall–Kier alpha value is -3.45. The monoisotopic (exact) mass is 656 g/mol. The van der Waals surface area contributed by atoms with Gasteiger partial charge in [-0.25, -0.2) is 0 Å². The molecule has 4 nitrogen and oxygen atoms in total. The Bertz CT molecular complexity index is 1110. The third kappa shape index (κ3) is 10.3. The highest BCUT2D eigenvalue weighted by atomic mass is 28.4. The number of rotatable bonds is 22. The van der Waals surface area contributed by atoms with Gasteiger partial charge in [0, 0.05) is 0 Å². The third-order valence-corrected chi connectivity index (χ3v) is 18.6. The summed E-state index contributed by atoms with van der Waals surface area (Å²) in [6.45, 7) is 40.4. The quantitative estimate of drug-likeness (QED) is 0.102. The van der Waals surface area contributed by atoms with E-state index >= 15 is 0 Å².